The zero-order chi connectivity index (χ0) is 16.2. The summed E-state index contributed by atoms with van der Waals surface area (Å²) < 4.78 is 0. The zero-order valence-electron chi connectivity index (χ0n) is 13.1. The summed E-state index contributed by atoms with van der Waals surface area (Å²) in [5, 5.41) is 4.87. The van der Waals surface area contributed by atoms with Crippen LogP contribution in [0, 0.1) is 6.92 Å². The van der Waals surface area contributed by atoms with Crippen molar-refractivity contribution >= 4 is 28.8 Å². The van der Waals surface area contributed by atoms with Crippen molar-refractivity contribution in [3.8, 4) is 0 Å². The van der Waals surface area contributed by atoms with Crippen LogP contribution in [0.5, 0.6) is 0 Å². The number of nitrogens with one attached hydrogen (secondary N) is 1. The lowest BCUT2D eigenvalue weighted by atomic mass is 10.0. The lowest BCUT2D eigenvalue weighted by molar-refractivity contribution is -0.121. The zero-order valence-corrected chi connectivity index (χ0v) is 13.9. The Balaban J connectivity index is 1.77. The highest BCUT2D eigenvalue weighted by atomic mass is 32.1. The van der Waals surface area contributed by atoms with Crippen LogP contribution < -0.4 is 5.32 Å². The highest BCUT2D eigenvalue weighted by Gasteiger charge is 2.33. The molecule has 2 heterocycles. The van der Waals surface area contributed by atoms with E-state index in [-0.39, 0.29) is 11.8 Å². The highest BCUT2D eigenvalue weighted by molar-refractivity contribution is 7.12. The van der Waals surface area contributed by atoms with Crippen molar-refractivity contribution in [2.24, 2.45) is 0 Å². The molecule has 1 unspecified atom stereocenters. The summed E-state index contributed by atoms with van der Waals surface area (Å²) in [6.45, 7) is 2.60. The third-order valence-electron chi connectivity index (χ3n) is 4.20. The van der Waals surface area contributed by atoms with Gasteiger partial charge in [0.1, 0.15) is 6.04 Å². The molecule has 1 aliphatic heterocycles. The number of rotatable bonds is 3. The monoisotopic (exact) mass is 328 g/mol. The molecule has 5 heteroatoms. The van der Waals surface area contributed by atoms with Crippen molar-refractivity contribution in [2.45, 2.75) is 32.2 Å². The minimum atomic E-state index is -0.391. The molecular weight excluding hydrogens is 308 g/mol. The Morgan fingerprint density at radius 1 is 1.17 bits per heavy atom. The average molecular weight is 328 g/mol. The van der Waals surface area contributed by atoms with Gasteiger partial charge in [-0.15, -0.1) is 11.3 Å². The van der Waals surface area contributed by atoms with E-state index in [0.717, 1.165) is 30.5 Å². The Hall–Kier alpha value is -2.14. The first-order valence-electron chi connectivity index (χ1n) is 7.88. The Labute approximate surface area is 140 Å². The van der Waals surface area contributed by atoms with Gasteiger partial charge in [-0.25, -0.2) is 0 Å². The standard InChI is InChI=1S/C18H20N2O2S/c1-13-7-2-3-8-14(13)19-17(21)15-9-4-5-11-20(15)18(22)16-10-6-12-23-16/h2-3,6-8,10,12,15H,4-5,9,11H2,1H3,(H,19,21). The maximum atomic E-state index is 12.7. The van der Waals surface area contributed by atoms with Crippen molar-refractivity contribution in [3.05, 3.63) is 52.2 Å². The van der Waals surface area contributed by atoms with E-state index in [2.05, 4.69) is 5.32 Å². The predicted molar refractivity (Wildman–Crippen MR) is 92.8 cm³/mol. The van der Waals surface area contributed by atoms with Crippen LogP contribution in [0.25, 0.3) is 0 Å². The predicted octanol–water partition coefficient (Wildman–Crippen LogP) is 3.69. The number of benzene rings is 1. The number of anilines is 1. The second-order valence-corrected chi connectivity index (χ2v) is 6.74. The molecule has 0 spiro atoms. The molecule has 3 rings (SSSR count). The molecule has 0 bridgehead atoms. The third kappa shape index (κ3) is 3.45. The lowest BCUT2D eigenvalue weighted by Gasteiger charge is -2.34. The molecule has 23 heavy (non-hydrogen) atoms. The molecule has 2 aromatic rings. The summed E-state index contributed by atoms with van der Waals surface area (Å²) in [5.41, 5.74) is 1.83. The van der Waals surface area contributed by atoms with Gasteiger partial charge in [-0.3, -0.25) is 9.59 Å². The van der Waals surface area contributed by atoms with Gasteiger partial charge in [0, 0.05) is 12.2 Å². The number of hydrogen-bond donors (Lipinski definition) is 1. The minimum absolute atomic E-state index is 0.0374. The first-order valence-corrected chi connectivity index (χ1v) is 8.76. The van der Waals surface area contributed by atoms with E-state index < -0.39 is 6.04 Å². The maximum absolute atomic E-state index is 12.7. The molecule has 1 atom stereocenters. The number of nitrogens with zero attached hydrogens (tertiary/aromatic N) is 1. The van der Waals surface area contributed by atoms with Crippen molar-refractivity contribution in [1.29, 1.82) is 0 Å². The Morgan fingerprint density at radius 2 is 2.00 bits per heavy atom. The SMILES string of the molecule is Cc1ccccc1NC(=O)C1CCCCN1C(=O)c1cccs1. The van der Waals surface area contributed by atoms with Crippen LogP contribution in [-0.2, 0) is 4.79 Å². The number of carbonyl (C=O) groups excluding carboxylic acids is 2. The molecule has 120 valence electrons. The maximum Gasteiger partial charge on any atom is 0.264 e. The highest BCUT2D eigenvalue weighted by Crippen LogP contribution is 2.23. The molecule has 1 aromatic carbocycles. The molecule has 1 fully saturated rings. The topological polar surface area (TPSA) is 49.4 Å². The van der Waals surface area contributed by atoms with Gasteiger partial charge in [0.25, 0.3) is 5.91 Å². The van der Waals surface area contributed by atoms with Crippen LogP contribution in [0.1, 0.15) is 34.5 Å². The summed E-state index contributed by atoms with van der Waals surface area (Å²) in [4.78, 5) is 27.8. The van der Waals surface area contributed by atoms with Crippen LogP contribution in [-0.4, -0.2) is 29.3 Å². The van der Waals surface area contributed by atoms with E-state index >= 15 is 0 Å². The molecular formula is C18H20N2O2S. The molecule has 0 aliphatic carbocycles. The van der Waals surface area contributed by atoms with Crippen molar-refractivity contribution in [1.82, 2.24) is 4.90 Å². The fraction of sp³-hybridized carbons (Fsp3) is 0.333. The molecule has 1 aliphatic rings. The second kappa shape index (κ2) is 6.96. The number of hydrogen-bond acceptors (Lipinski definition) is 3. The van der Waals surface area contributed by atoms with E-state index in [9.17, 15) is 9.59 Å². The number of amides is 2. The average Bonchev–Trinajstić information content (AvgIpc) is 3.11. The van der Waals surface area contributed by atoms with E-state index in [4.69, 9.17) is 0 Å². The fourth-order valence-corrected chi connectivity index (χ4v) is 3.60. The fourth-order valence-electron chi connectivity index (χ4n) is 2.92. The number of thiophene rings is 1. The Morgan fingerprint density at radius 3 is 2.74 bits per heavy atom. The van der Waals surface area contributed by atoms with Gasteiger partial charge >= 0.3 is 0 Å². The summed E-state index contributed by atoms with van der Waals surface area (Å²) in [6, 6.07) is 11.0. The van der Waals surface area contributed by atoms with E-state index in [1.165, 1.54) is 11.3 Å². The van der Waals surface area contributed by atoms with Crippen LogP contribution in [0.4, 0.5) is 5.69 Å². The number of para-hydroxylation sites is 1. The van der Waals surface area contributed by atoms with Gasteiger partial charge in [0.15, 0.2) is 0 Å². The van der Waals surface area contributed by atoms with E-state index in [1.807, 2.05) is 48.7 Å². The summed E-state index contributed by atoms with van der Waals surface area (Å²) in [7, 11) is 0. The number of carbonyl (C=O) groups is 2. The van der Waals surface area contributed by atoms with Gasteiger partial charge in [0.05, 0.1) is 4.88 Å². The number of piperidine rings is 1. The second-order valence-electron chi connectivity index (χ2n) is 5.79. The smallest absolute Gasteiger partial charge is 0.264 e. The first-order chi connectivity index (χ1) is 11.2. The van der Waals surface area contributed by atoms with Gasteiger partial charge in [-0.2, -0.15) is 0 Å². The van der Waals surface area contributed by atoms with Crippen LogP contribution >= 0.6 is 11.3 Å². The Kier molecular flexibility index (Phi) is 4.76. The molecule has 4 nitrogen and oxygen atoms in total. The van der Waals surface area contributed by atoms with Gasteiger partial charge in [-0.1, -0.05) is 24.3 Å². The normalized spacial score (nSPS) is 17.8. The molecule has 0 saturated carbocycles. The molecule has 1 N–H and O–H groups in total. The summed E-state index contributed by atoms with van der Waals surface area (Å²) >= 11 is 1.42. The quantitative estimate of drug-likeness (QED) is 0.934. The number of likely N-dealkylation sites (tertiary alicyclic amines) is 1. The summed E-state index contributed by atoms with van der Waals surface area (Å²) in [6.07, 6.45) is 2.64. The molecule has 0 radical (unpaired) electrons. The largest absolute Gasteiger partial charge is 0.326 e. The van der Waals surface area contributed by atoms with Crippen LogP contribution in [0.15, 0.2) is 41.8 Å². The van der Waals surface area contributed by atoms with Crippen LogP contribution in [0.3, 0.4) is 0 Å². The molecule has 1 aromatic heterocycles. The van der Waals surface area contributed by atoms with Gasteiger partial charge in [-0.05, 0) is 49.3 Å². The third-order valence-corrected chi connectivity index (χ3v) is 5.06. The Bertz CT molecular complexity index is 697. The van der Waals surface area contributed by atoms with Crippen LogP contribution in [0.2, 0.25) is 0 Å². The van der Waals surface area contributed by atoms with Gasteiger partial charge < -0.3 is 10.2 Å². The minimum Gasteiger partial charge on any atom is -0.326 e. The molecule has 1 saturated heterocycles. The molecule has 2 amide bonds. The van der Waals surface area contributed by atoms with Crippen molar-refractivity contribution in [3.63, 3.8) is 0 Å². The lowest BCUT2D eigenvalue weighted by Crippen LogP contribution is -2.49. The van der Waals surface area contributed by atoms with Crippen molar-refractivity contribution in [2.75, 3.05) is 11.9 Å². The summed E-state index contributed by atoms with van der Waals surface area (Å²) in [5.74, 6) is -0.131. The van der Waals surface area contributed by atoms with E-state index in [1.54, 1.807) is 4.90 Å². The number of aryl methyl sites for hydroxylation is 1. The van der Waals surface area contributed by atoms with Gasteiger partial charge in [0.2, 0.25) is 5.91 Å². The van der Waals surface area contributed by atoms with Crippen molar-refractivity contribution < 1.29 is 9.59 Å². The van der Waals surface area contributed by atoms with E-state index in [0.29, 0.717) is 11.4 Å². The first kappa shape index (κ1) is 15.7.